The molecule has 3 atom stereocenters. The molecule has 0 radical (unpaired) electrons. The summed E-state index contributed by atoms with van der Waals surface area (Å²) in [7, 11) is 0. The van der Waals surface area contributed by atoms with Gasteiger partial charge in [0, 0.05) is 16.7 Å². The molecule has 0 aromatic heterocycles. The Labute approximate surface area is 177 Å². The molecule has 2 amide bonds. The zero-order valence-corrected chi connectivity index (χ0v) is 17.7. The quantitative estimate of drug-likeness (QED) is 0.553. The number of benzene rings is 2. The van der Waals surface area contributed by atoms with E-state index in [0.717, 1.165) is 14.7 Å². The largest absolute Gasteiger partial charge is 0.380 e. The van der Waals surface area contributed by atoms with Gasteiger partial charge in [-0.1, -0.05) is 36.4 Å². The summed E-state index contributed by atoms with van der Waals surface area (Å²) in [6, 6.07) is 15.0. The third-order valence-corrected chi connectivity index (χ3v) is 5.64. The van der Waals surface area contributed by atoms with E-state index in [1.807, 2.05) is 48.5 Å². The van der Waals surface area contributed by atoms with Crippen LogP contribution in [0.25, 0.3) is 0 Å². The molecular weight excluding hydrogens is 471 g/mol. The van der Waals surface area contributed by atoms with E-state index < -0.39 is 24.0 Å². The molecule has 1 aliphatic rings. The third-order valence-electron chi connectivity index (χ3n) is 4.97. The normalized spacial score (nSPS) is 16.6. The number of carbonyl (C=O) groups excluding carboxylic acids is 2. The van der Waals surface area contributed by atoms with E-state index in [1.165, 1.54) is 10.5 Å². The van der Waals surface area contributed by atoms with Crippen molar-refractivity contribution in [3.8, 4) is 0 Å². The molecule has 28 heavy (non-hydrogen) atoms. The molecule has 0 bridgehead atoms. The van der Waals surface area contributed by atoms with Crippen LogP contribution in [0, 0.1) is 3.57 Å². The lowest BCUT2D eigenvalue weighted by Crippen LogP contribution is -2.51. The Bertz CT molecular complexity index is 873. The number of nitrogens with zero attached hydrogens (tertiary/aromatic N) is 1. The van der Waals surface area contributed by atoms with Gasteiger partial charge >= 0.3 is 0 Å². The summed E-state index contributed by atoms with van der Waals surface area (Å²) in [6.45, 7) is 2.59. The summed E-state index contributed by atoms with van der Waals surface area (Å²) in [5.74, 6) is -1.41. The van der Waals surface area contributed by atoms with Gasteiger partial charge in [-0.05, 0) is 64.8 Å². The minimum atomic E-state index is -1.82. The Morgan fingerprint density at radius 2 is 1.79 bits per heavy atom. The molecule has 3 N–H and O–H groups in total. The van der Waals surface area contributed by atoms with Gasteiger partial charge in [0.1, 0.15) is 0 Å². The standard InChI is InChI=1S/C21H23IN2O4/c1-13(15-7-4-8-17(22)11-15)23-20(27)18(25)19(26)21(28)24-10-9-14-5-2-3-6-16(14)12-24/h2-8,11,13,18-19,25-26H,9-10,12H2,1H3,(H,23,27). The highest BCUT2D eigenvalue weighted by Crippen LogP contribution is 2.20. The van der Waals surface area contributed by atoms with Crippen molar-refractivity contribution in [3.05, 3.63) is 68.8 Å². The fourth-order valence-electron chi connectivity index (χ4n) is 3.31. The van der Waals surface area contributed by atoms with Gasteiger partial charge in [-0.15, -0.1) is 0 Å². The molecular formula is C21H23IN2O4. The van der Waals surface area contributed by atoms with Crippen molar-refractivity contribution in [1.29, 1.82) is 0 Å². The number of fused-ring (bicyclic) bond motifs is 1. The van der Waals surface area contributed by atoms with E-state index in [-0.39, 0.29) is 6.04 Å². The summed E-state index contributed by atoms with van der Waals surface area (Å²) >= 11 is 2.18. The number of amides is 2. The Hall–Kier alpha value is -1.97. The van der Waals surface area contributed by atoms with Gasteiger partial charge in [-0.3, -0.25) is 9.59 Å². The van der Waals surface area contributed by atoms with E-state index >= 15 is 0 Å². The van der Waals surface area contributed by atoms with Crippen LogP contribution in [-0.2, 0) is 22.6 Å². The molecule has 0 saturated heterocycles. The Morgan fingerprint density at radius 3 is 2.50 bits per heavy atom. The van der Waals surface area contributed by atoms with Gasteiger partial charge in [-0.2, -0.15) is 0 Å². The summed E-state index contributed by atoms with van der Waals surface area (Å²) in [4.78, 5) is 26.4. The summed E-state index contributed by atoms with van der Waals surface area (Å²) < 4.78 is 1.03. The molecule has 2 aromatic carbocycles. The lowest BCUT2D eigenvalue weighted by Gasteiger charge is -2.31. The zero-order chi connectivity index (χ0) is 20.3. The molecule has 0 saturated carbocycles. The molecule has 7 heteroatoms. The predicted molar refractivity (Wildman–Crippen MR) is 113 cm³/mol. The maximum Gasteiger partial charge on any atom is 0.255 e. The second-order valence-electron chi connectivity index (χ2n) is 6.95. The molecule has 0 spiro atoms. The molecule has 0 fully saturated rings. The van der Waals surface area contributed by atoms with Gasteiger partial charge < -0.3 is 20.4 Å². The van der Waals surface area contributed by atoms with Crippen LogP contribution in [0.3, 0.4) is 0 Å². The number of aliphatic hydroxyl groups excluding tert-OH is 2. The number of hydrogen-bond acceptors (Lipinski definition) is 4. The minimum Gasteiger partial charge on any atom is -0.380 e. The Balaban J connectivity index is 1.61. The van der Waals surface area contributed by atoms with Gasteiger partial charge in [0.15, 0.2) is 12.2 Å². The SMILES string of the molecule is CC(NC(=O)C(O)C(O)C(=O)N1CCc2ccccc2C1)c1cccc(I)c1. The molecule has 6 nitrogen and oxygen atoms in total. The van der Waals surface area contributed by atoms with E-state index in [9.17, 15) is 19.8 Å². The number of aliphatic hydroxyl groups is 2. The third kappa shape index (κ3) is 4.71. The number of nitrogens with one attached hydrogen (secondary N) is 1. The lowest BCUT2D eigenvalue weighted by molar-refractivity contribution is -0.154. The second kappa shape index (κ2) is 9.02. The molecule has 148 valence electrons. The van der Waals surface area contributed by atoms with Crippen molar-refractivity contribution >= 4 is 34.4 Å². The van der Waals surface area contributed by atoms with Crippen LogP contribution in [0.5, 0.6) is 0 Å². The predicted octanol–water partition coefficient (Wildman–Crippen LogP) is 1.78. The monoisotopic (exact) mass is 494 g/mol. The number of halogens is 1. The summed E-state index contributed by atoms with van der Waals surface area (Å²) in [5.41, 5.74) is 3.06. The van der Waals surface area contributed by atoms with Crippen LogP contribution < -0.4 is 5.32 Å². The highest BCUT2D eigenvalue weighted by atomic mass is 127. The van der Waals surface area contributed by atoms with E-state index in [4.69, 9.17) is 0 Å². The Kier molecular flexibility index (Phi) is 6.69. The molecule has 3 rings (SSSR count). The average Bonchev–Trinajstić information content (AvgIpc) is 2.71. The average molecular weight is 494 g/mol. The van der Waals surface area contributed by atoms with Gasteiger partial charge in [0.25, 0.3) is 11.8 Å². The van der Waals surface area contributed by atoms with E-state index in [2.05, 4.69) is 27.9 Å². The molecule has 3 unspecified atom stereocenters. The summed E-state index contributed by atoms with van der Waals surface area (Å²) in [6.07, 6.45) is -2.94. The maximum absolute atomic E-state index is 12.6. The Morgan fingerprint density at radius 1 is 1.07 bits per heavy atom. The van der Waals surface area contributed by atoms with Crippen molar-refractivity contribution in [2.24, 2.45) is 0 Å². The van der Waals surface area contributed by atoms with Crippen LogP contribution in [0.4, 0.5) is 0 Å². The molecule has 2 aromatic rings. The van der Waals surface area contributed by atoms with E-state index in [0.29, 0.717) is 19.5 Å². The number of carbonyl (C=O) groups is 2. The highest BCUT2D eigenvalue weighted by Gasteiger charge is 2.35. The van der Waals surface area contributed by atoms with Crippen LogP contribution in [0.1, 0.15) is 29.7 Å². The second-order valence-corrected chi connectivity index (χ2v) is 8.20. The molecule has 1 aliphatic heterocycles. The first-order valence-corrected chi connectivity index (χ1v) is 10.2. The minimum absolute atomic E-state index is 0.360. The van der Waals surface area contributed by atoms with E-state index in [1.54, 1.807) is 6.92 Å². The highest BCUT2D eigenvalue weighted by molar-refractivity contribution is 14.1. The lowest BCUT2D eigenvalue weighted by atomic mass is 9.99. The molecule has 0 aliphatic carbocycles. The topological polar surface area (TPSA) is 89.9 Å². The van der Waals surface area contributed by atoms with Crippen molar-refractivity contribution < 1.29 is 19.8 Å². The van der Waals surface area contributed by atoms with Gasteiger partial charge in [0.2, 0.25) is 0 Å². The number of rotatable bonds is 5. The van der Waals surface area contributed by atoms with Crippen molar-refractivity contribution in [2.45, 2.75) is 38.1 Å². The smallest absolute Gasteiger partial charge is 0.255 e. The fourth-order valence-corrected chi connectivity index (χ4v) is 3.87. The maximum atomic E-state index is 12.6. The van der Waals surface area contributed by atoms with Crippen LogP contribution in [0.15, 0.2) is 48.5 Å². The zero-order valence-electron chi connectivity index (χ0n) is 15.5. The van der Waals surface area contributed by atoms with Crippen molar-refractivity contribution in [1.82, 2.24) is 10.2 Å². The van der Waals surface area contributed by atoms with Crippen LogP contribution >= 0.6 is 22.6 Å². The fraction of sp³-hybridized carbons (Fsp3) is 0.333. The first kappa shape index (κ1) is 20.8. The van der Waals surface area contributed by atoms with Gasteiger partial charge in [-0.25, -0.2) is 0 Å². The van der Waals surface area contributed by atoms with Crippen LogP contribution in [0.2, 0.25) is 0 Å². The summed E-state index contributed by atoms with van der Waals surface area (Å²) in [5, 5.41) is 23.2. The molecule has 1 heterocycles. The van der Waals surface area contributed by atoms with Crippen molar-refractivity contribution in [3.63, 3.8) is 0 Å². The van der Waals surface area contributed by atoms with Crippen LogP contribution in [-0.4, -0.2) is 45.7 Å². The number of hydrogen-bond donors (Lipinski definition) is 3. The van der Waals surface area contributed by atoms with Gasteiger partial charge in [0.05, 0.1) is 6.04 Å². The first-order chi connectivity index (χ1) is 13.4. The first-order valence-electron chi connectivity index (χ1n) is 9.14. The van der Waals surface area contributed by atoms with Crippen molar-refractivity contribution in [2.75, 3.05) is 6.54 Å².